The lowest BCUT2D eigenvalue weighted by Gasteiger charge is -2.24. The summed E-state index contributed by atoms with van der Waals surface area (Å²) in [4.78, 5) is 16.8. The first kappa shape index (κ1) is 16.2. The highest BCUT2D eigenvalue weighted by Gasteiger charge is 2.32. The van der Waals surface area contributed by atoms with Gasteiger partial charge in [0.2, 0.25) is 0 Å². The lowest BCUT2D eigenvalue weighted by molar-refractivity contribution is 0.0966. The molecule has 0 unspecified atom stereocenters. The molecular formula is C19H19FN2O2. The Morgan fingerprint density at radius 3 is 2.62 bits per heavy atom. The van der Waals surface area contributed by atoms with Gasteiger partial charge in [0.05, 0.1) is 12.1 Å². The zero-order chi connectivity index (χ0) is 17.0. The van der Waals surface area contributed by atoms with E-state index in [1.165, 1.54) is 6.07 Å². The Morgan fingerprint density at radius 1 is 1.17 bits per heavy atom. The number of aliphatic imine (C=N–C) groups is 1. The van der Waals surface area contributed by atoms with Gasteiger partial charge in [0.25, 0.3) is 11.9 Å². The molecule has 0 radical (unpaired) electrons. The van der Waals surface area contributed by atoms with E-state index in [-0.39, 0.29) is 17.7 Å². The highest BCUT2D eigenvalue weighted by atomic mass is 19.1. The van der Waals surface area contributed by atoms with Crippen LogP contribution in [0.15, 0.2) is 59.6 Å². The van der Waals surface area contributed by atoms with Crippen LogP contribution in [-0.2, 0) is 10.3 Å². The third-order valence-corrected chi connectivity index (χ3v) is 4.11. The van der Waals surface area contributed by atoms with Crippen LogP contribution in [-0.4, -0.2) is 18.5 Å². The van der Waals surface area contributed by atoms with Gasteiger partial charge in [-0.15, -0.1) is 0 Å². The van der Waals surface area contributed by atoms with Crippen molar-refractivity contribution in [2.24, 2.45) is 4.99 Å². The number of benzene rings is 2. The van der Waals surface area contributed by atoms with Crippen LogP contribution in [0.3, 0.4) is 0 Å². The third-order valence-electron chi connectivity index (χ3n) is 4.11. The number of carbonyl (C=O) groups excluding carboxylic acids is 1. The summed E-state index contributed by atoms with van der Waals surface area (Å²) in [5.41, 5.74) is 0.240. The molecule has 1 heterocycles. The van der Waals surface area contributed by atoms with E-state index in [0.29, 0.717) is 24.2 Å². The first-order valence-corrected chi connectivity index (χ1v) is 7.92. The summed E-state index contributed by atoms with van der Waals surface area (Å²) in [5, 5.41) is 2.69. The molecule has 0 saturated carbocycles. The summed E-state index contributed by atoms with van der Waals surface area (Å²) in [6, 6.07) is 15.5. The van der Waals surface area contributed by atoms with Crippen molar-refractivity contribution in [3.05, 3.63) is 71.5 Å². The second-order valence-electron chi connectivity index (χ2n) is 5.94. The Labute approximate surface area is 140 Å². The molecule has 4 nitrogen and oxygen atoms in total. The Bertz CT molecular complexity index is 761. The molecule has 1 amide bonds. The van der Waals surface area contributed by atoms with Crippen molar-refractivity contribution < 1.29 is 13.9 Å². The number of nitrogens with one attached hydrogen (secondary N) is 1. The monoisotopic (exact) mass is 326 g/mol. The second-order valence-corrected chi connectivity index (χ2v) is 5.94. The van der Waals surface area contributed by atoms with E-state index < -0.39 is 5.54 Å². The number of hydrogen-bond donors (Lipinski definition) is 1. The molecule has 0 aromatic heterocycles. The van der Waals surface area contributed by atoms with E-state index in [1.54, 1.807) is 42.5 Å². The molecule has 0 bridgehead atoms. The van der Waals surface area contributed by atoms with Gasteiger partial charge >= 0.3 is 0 Å². The van der Waals surface area contributed by atoms with Crippen LogP contribution < -0.4 is 5.32 Å². The Kier molecular flexibility index (Phi) is 4.60. The highest BCUT2D eigenvalue weighted by Crippen LogP contribution is 2.34. The number of halogens is 1. The molecule has 0 fully saturated rings. The highest BCUT2D eigenvalue weighted by molar-refractivity contribution is 6.04. The van der Waals surface area contributed by atoms with Gasteiger partial charge in [-0.2, -0.15) is 0 Å². The van der Waals surface area contributed by atoms with Gasteiger partial charge in [0.15, 0.2) is 0 Å². The normalized spacial score (nSPS) is 20.5. The number of nitrogens with zero attached hydrogens (tertiary/aromatic N) is 1. The Morgan fingerprint density at radius 2 is 1.88 bits per heavy atom. The number of hydrogen-bond acceptors (Lipinski definition) is 3. The molecule has 0 spiro atoms. The molecule has 1 atom stereocenters. The maximum atomic E-state index is 14.2. The van der Waals surface area contributed by atoms with Gasteiger partial charge in [-0.3, -0.25) is 10.1 Å². The van der Waals surface area contributed by atoms with Crippen molar-refractivity contribution in [3.63, 3.8) is 0 Å². The molecule has 3 rings (SSSR count). The number of carbonyl (C=O) groups is 1. The van der Waals surface area contributed by atoms with Gasteiger partial charge in [-0.25, -0.2) is 9.38 Å². The van der Waals surface area contributed by atoms with E-state index >= 15 is 0 Å². The number of amidine groups is 1. The minimum Gasteiger partial charge on any atom is -0.465 e. The van der Waals surface area contributed by atoms with E-state index in [2.05, 4.69) is 10.3 Å². The van der Waals surface area contributed by atoms with Crippen molar-refractivity contribution in [3.8, 4) is 0 Å². The zero-order valence-electron chi connectivity index (χ0n) is 13.5. The summed E-state index contributed by atoms with van der Waals surface area (Å²) in [6.07, 6.45) is 1.36. The fourth-order valence-electron chi connectivity index (χ4n) is 2.81. The Hall–Kier alpha value is -2.69. The minimum atomic E-state index is -0.777. The fourth-order valence-corrected chi connectivity index (χ4v) is 2.81. The zero-order valence-corrected chi connectivity index (χ0v) is 13.5. The van der Waals surface area contributed by atoms with E-state index in [9.17, 15) is 9.18 Å². The lowest BCUT2D eigenvalue weighted by Crippen LogP contribution is -2.34. The molecule has 1 aliphatic rings. The van der Waals surface area contributed by atoms with Crippen LogP contribution in [0.2, 0.25) is 0 Å². The van der Waals surface area contributed by atoms with Crippen LogP contribution in [0.4, 0.5) is 4.39 Å². The van der Waals surface area contributed by atoms with E-state index in [4.69, 9.17) is 4.74 Å². The van der Waals surface area contributed by atoms with Crippen LogP contribution in [0.1, 0.15) is 35.7 Å². The second kappa shape index (κ2) is 6.83. The number of amides is 1. The topological polar surface area (TPSA) is 50.7 Å². The summed E-state index contributed by atoms with van der Waals surface area (Å²) in [5.74, 6) is -0.605. The molecule has 124 valence electrons. The van der Waals surface area contributed by atoms with Crippen LogP contribution in [0.5, 0.6) is 0 Å². The predicted octanol–water partition coefficient (Wildman–Crippen LogP) is 3.64. The molecule has 1 aliphatic heterocycles. The van der Waals surface area contributed by atoms with E-state index in [1.807, 2.05) is 13.0 Å². The van der Waals surface area contributed by atoms with Crippen molar-refractivity contribution in [2.45, 2.75) is 25.3 Å². The molecule has 24 heavy (non-hydrogen) atoms. The van der Waals surface area contributed by atoms with Crippen LogP contribution in [0.25, 0.3) is 0 Å². The standard InChI is InChI=1S/C19H19FN2O2/c1-19(15-10-5-6-11-16(15)20)12-7-13-24-18(22-19)21-17(23)14-8-3-2-4-9-14/h2-6,8-11H,7,12-13H2,1H3,(H,21,22,23)/t19-/m0/s1. The van der Waals surface area contributed by atoms with Gasteiger partial charge in [-0.1, -0.05) is 36.4 Å². The maximum absolute atomic E-state index is 14.2. The maximum Gasteiger partial charge on any atom is 0.292 e. The van der Waals surface area contributed by atoms with Gasteiger partial charge in [-0.05, 0) is 38.0 Å². The predicted molar refractivity (Wildman–Crippen MR) is 90.3 cm³/mol. The summed E-state index contributed by atoms with van der Waals surface area (Å²) < 4.78 is 19.8. The average Bonchev–Trinajstić information content (AvgIpc) is 2.78. The van der Waals surface area contributed by atoms with Crippen molar-refractivity contribution >= 4 is 11.9 Å². The first-order valence-electron chi connectivity index (χ1n) is 7.92. The molecule has 2 aromatic carbocycles. The fraction of sp³-hybridized carbons (Fsp3) is 0.263. The Balaban J connectivity index is 1.88. The lowest BCUT2D eigenvalue weighted by atomic mass is 9.88. The third kappa shape index (κ3) is 3.45. The molecule has 2 aromatic rings. The summed E-state index contributed by atoms with van der Waals surface area (Å²) in [7, 11) is 0. The SMILES string of the molecule is C[C@@]1(c2ccccc2F)CCCOC(NC(=O)c2ccccc2)=N1. The van der Waals surface area contributed by atoms with Gasteiger partial charge in [0.1, 0.15) is 5.82 Å². The molecule has 1 N–H and O–H groups in total. The van der Waals surface area contributed by atoms with Crippen molar-refractivity contribution in [1.82, 2.24) is 5.32 Å². The number of rotatable bonds is 2. The first-order chi connectivity index (χ1) is 11.6. The minimum absolute atomic E-state index is 0.132. The largest absolute Gasteiger partial charge is 0.465 e. The van der Waals surface area contributed by atoms with Gasteiger partial charge in [0, 0.05) is 11.1 Å². The van der Waals surface area contributed by atoms with Crippen molar-refractivity contribution in [1.29, 1.82) is 0 Å². The average molecular weight is 326 g/mol. The quantitative estimate of drug-likeness (QED) is 0.916. The molecule has 0 aliphatic carbocycles. The van der Waals surface area contributed by atoms with E-state index in [0.717, 1.165) is 6.42 Å². The van der Waals surface area contributed by atoms with Crippen LogP contribution >= 0.6 is 0 Å². The molecule has 0 saturated heterocycles. The number of ether oxygens (including phenoxy) is 1. The molecular weight excluding hydrogens is 307 g/mol. The summed E-state index contributed by atoms with van der Waals surface area (Å²) >= 11 is 0. The smallest absolute Gasteiger partial charge is 0.292 e. The van der Waals surface area contributed by atoms with Crippen LogP contribution in [0, 0.1) is 5.82 Å². The van der Waals surface area contributed by atoms with Gasteiger partial charge < -0.3 is 4.74 Å². The molecule has 5 heteroatoms. The van der Waals surface area contributed by atoms with Crippen molar-refractivity contribution in [2.75, 3.05) is 6.61 Å². The summed E-state index contributed by atoms with van der Waals surface area (Å²) in [6.45, 7) is 2.28.